The molecule has 0 saturated carbocycles. The smallest absolute Gasteiger partial charge is 0.358 e. The Balaban J connectivity index is 2.25. The Morgan fingerprint density at radius 2 is 2.09 bits per heavy atom. The first-order chi connectivity index (χ1) is 10.9. The Kier molecular flexibility index (Phi) is 3.69. The van der Waals surface area contributed by atoms with Gasteiger partial charge in [0.05, 0.1) is 23.5 Å². The monoisotopic (exact) mass is 342 g/mol. The maximum absolute atomic E-state index is 14.0. The Morgan fingerprint density at radius 3 is 2.78 bits per heavy atom. The van der Waals surface area contributed by atoms with E-state index in [1.165, 1.54) is 12.1 Å². The third kappa shape index (κ3) is 2.40. The van der Waals surface area contributed by atoms with E-state index in [1.807, 2.05) is 0 Å². The molecule has 2 aromatic rings. The third-order valence-electron chi connectivity index (χ3n) is 3.19. The van der Waals surface area contributed by atoms with Gasteiger partial charge in [-0.1, -0.05) is 11.6 Å². The van der Waals surface area contributed by atoms with Crippen LogP contribution >= 0.6 is 11.6 Å². The first-order valence-corrected chi connectivity index (χ1v) is 6.64. The number of esters is 1. The molecule has 2 N–H and O–H groups in total. The highest BCUT2D eigenvalue weighted by atomic mass is 35.5. The van der Waals surface area contributed by atoms with E-state index in [2.05, 4.69) is 9.72 Å². The second-order valence-corrected chi connectivity index (χ2v) is 4.91. The van der Waals surface area contributed by atoms with Gasteiger partial charge in [-0.05, 0) is 12.1 Å². The zero-order valence-corrected chi connectivity index (χ0v) is 12.4. The SMILES string of the molecule is COC(=O)c1nc(-c2cc3c(F)c(F)c2OCO3)cc(N)c1Cl. The molecule has 9 heteroatoms. The average Bonchev–Trinajstić information content (AvgIpc) is 2.84. The van der Waals surface area contributed by atoms with Gasteiger partial charge in [0, 0.05) is 5.56 Å². The first-order valence-electron chi connectivity index (χ1n) is 6.26. The van der Waals surface area contributed by atoms with Crippen LogP contribution in [0.25, 0.3) is 11.3 Å². The van der Waals surface area contributed by atoms with Crippen molar-refractivity contribution in [1.82, 2.24) is 4.98 Å². The lowest BCUT2D eigenvalue weighted by atomic mass is 10.1. The van der Waals surface area contributed by atoms with Crippen molar-refractivity contribution >= 4 is 23.3 Å². The van der Waals surface area contributed by atoms with E-state index >= 15 is 0 Å². The van der Waals surface area contributed by atoms with E-state index < -0.39 is 23.4 Å². The number of pyridine rings is 1. The fraction of sp³-hybridized carbons (Fsp3) is 0.143. The van der Waals surface area contributed by atoms with Gasteiger partial charge in [-0.25, -0.2) is 9.78 Å². The Hall–Kier alpha value is -2.61. The van der Waals surface area contributed by atoms with Crippen molar-refractivity contribution in [3.8, 4) is 22.8 Å². The van der Waals surface area contributed by atoms with Crippen LogP contribution in [0.5, 0.6) is 11.5 Å². The molecule has 120 valence electrons. The molecule has 23 heavy (non-hydrogen) atoms. The number of hydrogen-bond donors (Lipinski definition) is 1. The standard InChI is InChI=1S/C14H9ClF2N2O4/c1-21-14(20)12-9(15)6(18)3-7(19-12)5-2-8-10(16)11(17)13(5)23-4-22-8/h2-3H,4H2,1H3,(H2,18,19). The molecule has 0 fully saturated rings. The summed E-state index contributed by atoms with van der Waals surface area (Å²) in [7, 11) is 1.15. The number of carbonyl (C=O) groups is 1. The molecule has 0 amide bonds. The topological polar surface area (TPSA) is 83.7 Å². The fourth-order valence-electron chi connectivity index (χ4n) is 2.09. The minimum absolute atomic E-state index is 0.0227. The zero-order valence-electron chi connectivity index (χ0n) is 11.7. The minimum Gasteiger partial charge on any atom is -0.464 e. The summed E-state index contributed by atoms with van der Waals surface area (Å²) in [4.78, 5) is 15.7. The highest BCUT2D eigenvalue weighted by Crippen LogP contribution is 2.41. The lowest BCUT2D eigenvalue weighted by Crippen LogP contribution is -2.08. The predicted octanol–water partition coefficient (Wildman–Crippen LogP) is 2.78. The number of ether oxygens (including phenoxy) is 3. The molecule has 1 aromatic heterocycles. The lowest BCUT2D eigenvalue weighted by molar-refractivity contribution is 0.0594. The number of nitrogens with two attached hydrogens (primary N) is 1. The first kappa shape index (κ1) is 15.3. The highest BCUT2D eigenvalue weighted by Gasteiger charge is 2.27. The number of nitrogens with zero attached hydrogens (tertiary/aromatic N) is 1. The van der Waals surface area contributed by atoms with E-state index in [9.17, 15) is 13.6 Å². The van der Waals surface area contributed by atoms with Crippen LogP contribution in [0.4, 0.5) is 14.5 Å². The zero-order chi connectivity index (χ0) is 16.7. The molecule has 2 aliphatic rings. The lowest BCUT2D eigenvalue weighted by Gasteiger charge is -2.11. The van der Waals surface area contributed by atoms with Crippen LogP contribution < -0.4 is 15.2 Å². The molecule has 0 unspecified atom stereocenters. The number of fused-ring (bicyclic) bond motifs is 4. The number of anilines is 1. The molecule has 2 bridgehead atoms. The molecule has 0 atom stereocenters. The molecule has 3 heterocycles. The van der Waals surface area contributed by atoms with E-state index in [0.717, 1.165) is 7.11 Å². The van der Waals surface area contributed by atoms with Gasteiger partial charge in [0.1, 0.15) is 0 Å². The average molecular weight is 343 g/mol. The summed E-state index contributed by atoms with van der Waals surface area (Å²) in [6.07, 6.45) is 0. The predicted molar refractivity (Wildman–Crippen MR) is 76.5 cm³/mol. The summed E-state index contributed by atoms with van der Waals surface area (Å²) in [5, 5.41) is -0.100. The maximum Gasteiger partial charge on any atom is 0.358 e. The Labute approximate surface area is 133 Å². The summed E-state index contributed by atoms with van der Waals surface area (Å²) in [6, 6.07) is 2.51. The normalized spacial score (nSPS) is 12.3. The van der Waals surface area contributed by atoms with Crippen molar-refractivity contribution in [3.63, 3.8) is 0 Å². The molecule has 0 aliphatic carbocycles. The van der Waals surface area contributed by atoms with Crippen molar-refractivity contribution in [3.05, 3.63) is 34.5 Å². The van der Waals surface area contributed by atoms with Crippen molar-refractivity contribution in [1.29, 1.82) is 0 Å². The van der Waals surface area contributed by atoms with Gasteiger partial charge in [0.25, 0.3) is 0 Å². The molecule has 4 rings (SSSR count). The van der Waals surface area contributed by atoms with Gasteiger partial charge in [-0.2, -0.15) is 8.78 Å². The Bertz CT molecular complexity index is 829. The second kappa shape index (κ2) is 5.54. The van der Waals surface area contributed by atoms with Crippen LogP contribution in [-0.4, -0.2) is 24.9 Å². The number of benzene rings is 1. The maximum atomic E-state index is 14.0. The fourth-order valence-corrected chi connectivity index (χ4v) is 2.27. The summed E-state index contributed by atoms with van der Waals surface area (Å²) in [6.45, 7) is -0.363. The molecule has 6 nitrogen and oxygen atoms in total. The van der Waals surface area contributed by atoms with Crippen LogP contribution in [-0.2, 0) is 4.74 Å². The number of aromatic nitrogens is 1. The number of carbonyl (C=O) groups excluding carboxylic acids is 1. The number of rotatable bonds is 2. The molecular weight excluding hydrogens is 334 g/mol. The summed E-state index contributed by atoms with van der Waals surface area (Å²) in [5.41, 5.74) is 5.66. The molecule has 0 spiro atoms. The van der Waals surface area contributed by atoms with E-state index in [0.29, 0.717) is 0 Å². The van der Waals surface area contributed by atoms with Gasteiger partial charge in [-0.15, -0.1) is 0 Å². The molecule has 0 radical (unpaired) electrons. The van der Waals surface area contributed by atoms with Gasteiger partial charge >= 0.3 is 5.97 Å². The van der Waals surface area contributed by atoms with E-state index in [-0.39, 0.29) is 40.2 Å². The molecule has 0 saturated heterocycles. The summed E-state index contributed by atoms with van der Waals surface area (Å²) in [5.74, 6) is -3.94. The minimum atomic E-state index is -1.22. The van der Waals surface area contributed by atoms with Gasteiger partial charge in [-0.3, -0.25) is 0 Å². The van der Waals surface area contributed by atoms with Crippen LogP contribution in [0.3, 0.4) is 0 Å². The molecular formula is C14H9ClF2N2O4. The summed E-state index contributed by atoms with van der Waals surface area (Å²) >= 11 is 5.92. The van der Waals surface area contributed by atoms with Crippen LogP contribution in [0.15, 0.2) is 12.1 Å². The number of nitrogen functional groups attached to an aromatic ring is 1. The quantitative estimate of drug-likeness (QED) is 0.845. The molecule has 2 aliphatic heterocycles. The van der Waals surface area contributed by atoms with Gasteiger partial charge in [0.15, 0.2) is 17.2 Å². The van der Waals surface area contributed by atoms with Gasteiger partial charge < -0.3 is 19.9 Å². The van der Waals surface area contributed by atoms with Crippen LogP contribution in [0, 0.1) is 11.6 Å². The number of halogens is 3. The molecule has 1 aromatic carbocycles. The van der Waals surface area contributed by atoms with Gasteiger partial charge in [0.2, 0.25) is 18.4 Å². The third-order valence-corrected chi connectivity index (χ3v) is 3.58. The largest absolute Gasteiger partial charge is 0.464 e. The highest BCUT2D eigenvalue weighted by molar-refractivity contribution is 6.35. The second-order valence-electron chi connectivity index (χ2n) is 4.54. The van der Waals surface area contributed by atoms with Crippen molar-refractivity contribution in [2.24, 2.45) is 0 Å². The van der Waals surface area contributed by atoms with Crippen molar-refractivity contribution in [2.45, 2.75) is 0 Å². The van der Waals surface area contributed by atoms with E-state index in [4.69, 9.17) is 26.8 Å². The van der Waals surface area contributed by atoms with E-state index in [1.54, 1.807) is 0 Å². The Morgan fingerprint density at radius 1 is 1.35 bits per heavy atom. The van der Waals surface area contributed by atoms with Crippen LogP contribution in [0.1, 0.15) is 10.5 Å². The summed E-state index contributed by atoms with van der Waals surface area (Å²) < 4.78 is 42.2. The number of hydrogen-bond acceptors (Lipinski definition) is 6. The van der Waals surface area contributed by atoms with Crippen LogP contribution in [0.2, 0.25) is 5.02 Å². The van der Waals surface area contributed by atoms with Crippen molar-refractivity contribution in [2.75, 3.05) is 19.6 Å². The van der Waals surface area contributed by atoms with Crippen molar-refractivity contribution < 1.29 is 27.8 Å². The number of methoxy groups -OCH3 is 1.